The second-order valence-corrected chi connectivity index (χ2v) is 5.68. The molecule has 1 heterocycles. The smallest absolute Gasteiger partial charge is 0.262 e. The van der Waals surface area contributed by atoms with E-state index in [-0.39, 0.29) is 5.56 Å². The maximum Gasteiger partial charge on any atom is 0.262 e. The molecule has 0 aliphatic carbocycles. The molecule has 2 rings (SSSR count). The number of rotatable bonds is 6. The molecule has 1 N–H and O–H groups in total. The number of benzene rings is 1. The highest BCUT2D eigenvalue weighted by molar-refractivity contribution is 7.71. The van der Waals surface area contributed by atoms with Crippen molar-refractivity contribution < 1.29 is 9.47 Å². The Bertz CT molecular complexity index is 781. The number of nitrogens with one attached hydrogen (secondary N) is 1. The Morgan fingerprint density at radius 1 is 1.17 bits per heavy atom. The van der Waals surface area contributed by atoms with Crippen molar-refractivity contribution in [2.75, 3.05) is 34.9 Å². The van der Waals surface area contributed by atoms with E-state index in [4.69, 9.17) is 21.7 Å². The highest BCUT2D eigenvalue weighted by Gasteiger charge is 2.11. The Hall–Kier alpha value is -1.86. The van der Waals surface area contributed by atoms with E-state index in [0.717, 1.165) is 13.0 Å². The van der Waals surface area contributed by atoms with Crippen LogP contribution in [0, 0.1) is 4.77 Å². The van der Waals surface area contributed by atoms with E-state index >= 15 is 0 Å². The number of H-pyrrole nitrogens is 1. The molecule has 134 valence electrons. The van der Waals surface area contributed by atoms with Gasteiger partial charge in [0.05, 0.1) is 25.1 Å². The fourth-order valence-electron chi connectivity index (χ4n) is 2.33. The van der Waals surface area contributed by atoms with Gasteiger partial charge in [0.1, 0.15) is 0 Å². The van der Waals surface area contributed by atoms with E-state index in [2.05, 4.69) is 9.88 Å². The summed E-state index contributed by atoms with van der Waals surface area (Å²) in [5.74, 6) is 1.09. The van der Waals surface area contributed by atoms with Crippen molar-refractivity contribution in [1.82, 2.24) is 14.5 Å². The quantitative estimate of drug-likeness (QED) is 0.809. The molecule has 0 aliphatic rings. The van der Waals surface area contributed by atoms with Crippen LogP contribution in [0.15, 0.2) is 16.9 Å². The van der Waals surface area contributed by atoms with E-state index < -0.39 is 0 Å². The Morgan fingerprint density at radius 3 is 2.29 bits per heavy atom. The van der Waals surface area contributed by atoms with Crippen LogP contribution in [0.5, 0.6) is 11.5 Å². The number of hydrogen-bond acceptors (Lipinski definition) is 5. The summed E-state index contributed by atoms with van der Waals surface area (Å²) >= 11 is 5.31. The Labute approximate surface area is 148 Å². The first kappa shape index (κ1) is 20.2. The van der Waals surface area contributed by atoms with Gasteiger partial charge in [-0.2, -0.15) is 0 Å². The topological polar surface area (TPSA) is 59.5 Å². The molecule has 1 aromatic heterocycles. The van der Waals surface area contributed by atoms with Gasteiger partial charge in [-0.05, 0) is 45.3 Å². The van der Waals surface area contributed by atoms with Crippen LogP contribution in [0.25, 0.3) is 10.9 Å². The second-order valence-electron chi connectivity index (χ2n) is 5.30. The van der Waals surface area contributed by atoms with Crippen molar-refractivity contribution in [2.45, 2.75) is 26.8 Å². The SMILES string of the molecule is CC.COc1cc2[nH]c(=S)n(CCCN(C)C)c(=O)c2cc1OC. The van der Waals surface area contributed by atoms with Crippen molar-refractivity contribution in [2.24, 2.45) is 0 Å². The summed E-state index contributed by atoms with van der Waals surface area (Å²) in [6, 6.07) is 3.42. The number of aromatic nitrogens is 2. The number of ether oxygens (including phenoxy) is 2. The van der Waals surface area contributed by atoms with Gasteiger partial charge in [-0.1, -0.05) is 13.8 Å². The van der Waals surface area contributed by atoms with Crippen molar-refractivity contribution >= 4 is 23.1 Å². The molecule has 6 nitrogen and oxygen atoms in total. The number of hydrogen-bond donors (Lipinski definition) is 1. The van der Waals surface area contributed by atoms with Crippen LogP contribution < -0.4 is 15.0 Å². The van der Waals surface area contributed by atoms with Gasteiger partial charge in [0.15, 0.2) is 16.3 Å². The average molecular weight is 353 g/mol. The molecule has 2 aromatic rings. The van der Waals surface area contributed by atoms with Gasteiger partial charge < -0.3 is 19.4 Å². The van der Waals surface area contributed by atoms with Gasteiger partial charge >= 0.3 is 0 Å². The molecule has 0 bridgehead atoms. The van der Waals surface area contributed by atoms with E-state index in [1.54, 1.807) is 30.9 Å². The third-order valence-electron chi connectivity index (χ3n) is 3.47. The highest BCUT2D eigenvalue weighted by atomic mass is 32.1. The molecule has 0 spiro atoms. The first-order chi connectivity index (χ1) is 11.5. The average Bonchev–Trinajstić information content (AvgIpc) is 2.58. The molecule has 0 amide bonds. The summed E-state index contributed by atoms with van der Waals surface area (Å²) in [5, 5.41) is 0.538. The minimum atomic E-state index is -0.113. The van der Waals surface area contributed by atoms with Gasteiger partial charge in [0, 0.05) is 12.6 Å². The van der Waals surface area contributed by atoms with E-state index in [1.807, 2.05) is 27.9 Å². The maximum absolute atomic E-state index is 12.7. The van der Waals surface area contributed by atoms with Crippen molar-refractivity contribution in [3.8, 4) is 11.5 Å². The Morgan fingerprint density at radius 2 is 1.75 bits per heavy atom. The molecule has 0 radical (unpaired) electrons. The third-order valence-corrected chi connectivity index (χ3v) is 3.80. The van der Waals surface area contributed by atoms with Gasteiger partial charge in [-0.3, -0.25) is 9.36 Å². The zero-order valence-corrected chi connectivity index (χ0v) is 16.1. The minimum absolute atomic E-state index is 0.113. The number of aromatic amines is 1. The van der Waals surface area contributed by atoms with Gasteiger partial charge in [0.25, 0.3) is 5.56 Å². The molecule has 0 unspecified atom stereocenters. The van der Waals surface area contributed by atoms with Crippen LogP contribution in [0.3, 0.4) is 0 Å². The zero-order valence-electron chi connectivity index (χ0n) is 15.3. The lowest BCUT2D eigenvalue weighted by molar-refractivity contribution is 0.355. The van der Waals surface area contributed by atoms with E-state index in [0.29, 0.717) is 33.7 Å². The highest BCUT2D eigenvalue weighted by Crippen LogP contribution is 2.29. The summed E-state index contributed by atoms with van der Waals surface area (Å²) in [4.78, 5) is 17.8. The zero-order chi connectivity index (χ0) is 18.3. The maximum atomic E-state index is 12.7. The van der Waals surface area contributed by atoms with Crippen molar-refractivity contribution in [3.63, 3.8) is 0 Å². The molecule has 0 saturated heterocycles. The molecular formula is C17H27N3O3S. The summed E-state index contributed by atoms with van der Waals surface area (Å²) in [6.45, 7) is 5.47. The molecule has 0 aliphatic heterocycles. The molecule has 0 saturated carbocycles. The number of nitrogens with zero attached hydrogens (tertiary/aromatic N) is 2. The lowest BCUT2D eigenvalue weighted by Gasteiger charge is -2.13. The summed E-state index contributed by atoms with van der Waals surface area (Å²) in [6.07, 6.45) is 0.850. The number of methoxy groups -OCH3 is 2. The monoisotopic (exact) mass is 353 g/mol. The lowest BCUT2D eigenvalue weighted by Crippen LogP contribution is -2.24. The molecule has 1 aromatic carbocycles. The summed E-state index contributed by atoms with van der Waals surface area (Å²) in [7, 11) is 7.10. The molecule has 7 heteroatoms. The summed E-state index contributed by atoms with van der Waals surface area (Å²) in [5.41, 5.74) is 0.537. The van der Waals surface area contributed by atoms with Crippen molar-refractivity contribution in [3.05, 3.63) is 27.3 Å². The van der Waals surface area contributed by atoms with Crippen LogP contribution in [-0.2, 0) is 6.54 Å². The van der Waals surface area contributed by atoms with Crippen LogP contribution in [0.4, 0.5) is 0 Å². The normalized spacial score (nSPS) is 10.5. The fourth-order valence-corrected chi connectivity index (χ4v) is 2.61. The van der Waals surface area contributed by atoms with E-state index in [1.165, 1.54) is 0 Å². The first-order valence-corrected chi connectivity index (χ1v) is 8.42. The van der Waals surface area contributed by atoms with E-state index in [9.17, 15) is 4.79 Å². The predicted molar refractivity (Wildman–Crippen MR) is 101 cm³/mol. The van der Waals surface area contributed by atoms with Gasteiger partial charge in [-0.15, -0.1) is 0 Å². The molecule has 24 heavy (non-hydrogen) atoms. The van der Waals surface area contributed by atoms with Crippen LogP contribution in [0.1, 0.15) is 20.3 Å². The fraction of sp³-hybridized carbons (Fsp3) is 0.529. The van der Waals surface area contributed by atoms with Crippen LogP contribution in [0.2, 0.25) is 0 Å². The predicted octanol–water partition coefficient (Wildman–Crippen LogP) is 3.05. The standard InChI is InChI=1S/C15H21N3O3S.C2H6/c1-17(2)6-5-7-18-14(19)10-8-12(20-3)13(21-4)9-11(10)16-15(18)22;1-2/h8-9H,5-7H2,1-4H3,(H,16,22);1-2H3. The van der Waals surface area contributed by atoms with Crippen LogP contribution in [-0.4, -0.2) is 49.3 Å². The summed E-state index contributed by atoms with van der Waals surface area (Å²) < 4.78 is 12.5. The largest absolute Gasteiger partial charge is 0.493 e. The van der Waals surface area contributed by atoms with Crippen molar-refractivity contribution in [1.29, 1.82) is 0 Å². The van der Waals surface area contributed by atoms with Gasteiger partial charge in [-0.25, -0.2) is 0 Å². The lowest BCUT2D eigenvalue weighted by atomic mass is 10.2. The number of fused-ring (bicyclic) bond motifs is 1. The molecule has 0 atom stereocenters. The minimum Gasteiger partial charge on any atom is -0.493 e. The van der Waals surface area contributed by atoms with Gasteiger partial charge in [0.2, 0.25) is 0 Å². The third kappa shape index (κ3) is 4.58. The second kappa shape index (κ2) is 9.44. The Kier molecular flexibility index (Phi) is 7.94. The molecule has 0 fully saturated rings. The first-order valence-electron chi connectivity index (χ1n) is 8.01. The molecular weight excluding hydrogens is 326 g/mol. The van der Waals surface area contributed by atoms with Crippen LogP contribution >= 0.6 is 12.2 Å². The Balaban J connectivity index is 0.00000139.